The summed E-state index contributed by atoms with van der Waals surface area (Å²) in [5.41, 5.74) is 1.57. The highest BCUT2D eigenvalue weighted by Crippen LogP contribution is 2.23. The van der Waals surface area contributed by atoms with Crippen molar-refractivity contribution in [2.75, 3.05) is 0 Å². The topological polar surface area (TPSA) is 0 Å². The molecule has 0 heterocycles. The van der Waals surface area contributed by atoms with E-state index in [-0.39, 0.29) is 0 Å². The monoisotopic (exact) mass is 168 g/mol. The first-order valence-corrected chi connectivity index (χ1v) is 5.30. The summed E-state index contributed by atoms with van der Waals surface area (Å²) >= 11 is 0. The van der Waals surface area contributed by atoms with Crippen LogP contribution in [-0.4, -0.2) is 0 Å². The predicted molar refractivity (Wildman–Crippen MR) is 57.3 cm³/mol. The second-order valence-electron chi connectivity index (χ2n) is 3.91. The van der Waals surface area contributed by atoms with Crippen molar-refractivity contribution in [2.24, 2.45) is 11.8 Å². The van der Waals surface area contributed by atoms with E-state index in [4.69, 9.17) is 0 Å². The van der Waals surface area contributed by atoms with E-state index in [1.165, 1.54) is 19.3 Å². The zero-order valence-electron chi connectivity index (χ0n) is 9.35. The molecule has 2 unspecified atom stereocenters. The summed E-state index contributed by atoms with van der Waals surface area (Å²) in [7, 11) is 0. The van der Waals surface area contributed by atoms with Gasteiger partial charge in [0.05, 0.1) is 0 Å². The van der Waals surface area contributed by atoms with Gasteiger partial charge in [0.15, 0.2) is 0 Å². The van der Waals surface area contributed by atoms with E-state index >= 15 is 0 Å². The molecule has 0 aromatic heterocycles. The van der Waals surface area contributed by atoms with Gasteiger partial charge in [-0.15, -0.1) is 0 Å². The van der Waals surface area contributed by atoms with E-state index in [1.807, 2.05) is 0 Å². The van der Waals surface area contributed by atoms with E-state index in [0.29, 0.717) is 0 Å². The van der Waals surface area contributed by atoms with Gasteiger partial charge in [0.2, 0.25) is 0 Å². The minimum absolute atomic E-state index is 0.768. The molecule has 12 heavy (non-hydrogen) atoms. The van der Waals surface area contributed by atoms with Crippen LogP contribution in [-0.2, 0) is 0 Å². The quantitative estimate of drug-likeness (QED) is 0.533. The summed E-state index contributed by atoms with van der Waals surface area (Å²) in [6.07, 6.45) is 6.20. The van der Waals surface area contributed by atoms with Crippen LogP contribution in [0.5, 0.6) is 0 Å². The Morgan fingerprint density at radius 3 is 2.25 bits per heavy atom. The smallest absolute Gasteiger partial charge is 0.0209 e. The number of allylic oxidation sites excluding steroid dienone is 2. The third kappa shape index (κ3) is 3.94. The molecule has 0 aliphatic rings. The standard InChI is InChI=1S/C12H24/c1-6-8-10(3)12(5)11(4)9-7-2/h8,11-12H,6-7,9H2,1-5H3. The van der Waals surface area contributed by atoms with E-state index in [0.717, 1.165) is 11.8 Å². The molecule has 0 aliphatic heterocycles. The lowest BCUT2D eigenvalue weighted by atomic mass is 9.86. The minimum Gasteiger partial charge on any atom is -0.0856 e. The van der Waals surface area contributed by atoms with Crippen molar-refractivity contribution in [3.05, 3.63) is 11.6 Å². The van der Waals surface area contributed by atoms with Crippen molar-refractivity contribution >= 4 is 0 Å². The SMILES string of the molecule is CCC=C(C)C(C)C(C)CCC. The van der Waals surface area contributed by atoms with Crippen LogP contribution < -0.4 is 0 Å². The van der Waals surface area contributed by atoms with Crippen LogP contribution in [0.4, 0.5) is 0 Å². The first-order chi connectivity index (χ1) is 5.63. The summed E-state index contributed by atoms with van der Waals surface area (Å²) in [5, 5.41) is 0. The third-order valence-corrected chi connectivity index (χ3v) is 2.84. The molecule has 0 radical (unpaired) electrons. The van der Waals surface area contributed by atoms with Crippen LogP contribution >= 0.6 is 0 Å². The average Bonchev–Trinajstić information content (AvgIpc) is 2.04. The maximum absolute atomic E-state index is 2.36. The van der Waals surface area contributed by atoms with Crippen molar-refractivity contribution in [1.82, 2.24) is 0 Å². The summed E-state index contributed by atoms with van der Waals surface area (Å²) in [6.45, 7) is 11.5. The first kappa shape index (κ1) is 11.7. The van der Waals surface area contributed by atoms with Gasteiger partial charge in [-0.3, -0.25) is 0 Å². The molecule has 2 atom stereocenters. The van der Waals surface area contributed by atoms with Crippen molar-refractivity contribution in [2.45, 2.75) is 53.9 Å². The van der Waals surface area contributed by atoms with Crippen LogP contribution in [0, 0.1) is 11.8 Å². The Labute approximate surface area is 78.1 Å². The molecule has 72 valence electrons. The lowest BCUT2D eigenvalue weighted by Crippen LogP contribution is -2.08. The van der Waals surface area contributed by atoms with Gasteiger partial charge in [0.1, 0.15) is 0 Å². The van der Waals surface area contributed by atoms with Crippen LogP contribution in [0.15, 0.2) is 11.6 Å². The third-order valence-electron chi connectivity index (χ3n) is 2.84. The molecule has 0 aromatic rings. The molecular weight excluding hydrogens is 144 g/mol. The highest BCUT2D eigenvalue weighted by atomic mass is 14.2. The Balaban J connectivity index is 3.99. The molecule has 0 rings (SSSR count). The van der Waals surface area contributed by atoms with Gasteiger partial charge in [-0.1, -0.05) is 52.2 Å². The fourth-order valence-corrected chi connectivity index (χ4v) is 1.66. The Kier molecular flexibility index (Phi) is 6.14. The van der Waals surface area contributed by atoms with Gasteiger partial charge in [0.25, 0.3) is 0 Å². The Morgan fingerprint density at radius 2 is 1.83 bits per heavy atom. The Hall–Kier alpha value is -0.260. The second-order valence-corrected chi connectivity index (χ2v) is 3.91. The predicted octanol–water partition coefficient (Wildman–Crippen LogP) is 4.42. The number of hydrogen-bond acceptors (Lipinski definition) is 0. The van der Waals surface area contributed by atoms with Crippen LogP contribution in [0.3, 0.4) is 0 Å². The minimum atomic E-state index is 0.768. The normalized spacial score (nSPS) is 17.6. The second kappa shape index (κ2) is 6.28. The van der Waals surface area contributed by atoms with Gasteiger partial charge in [-0.25, -0.2) is 0 Å². The van der Waals surface area contributed by atoms with Gasteiger partial charge in [0, 0.05) is 0 Å². The fraction of sp³-hybridized carbons (Fsp3) is 0.833. The zero-order chi connectivity index (χ0) is 9.56. The lowest BCUT2D eigenvalue weighted by Gasteiger charge is -2.20. The lowest BCUT2D eigenvalue weighted by molar-refractivity contribution is 0.406. The summed E-state index contributed by atoms with van der Waals surface area (Å²) in [4.78, 5) is 0. The Bertz CT molecular complexity index is 133. The van der Waals surface area contributed by atoms with E-state index in [2.05, 4.69) is 40.7 Å². The van der Waals surface area contributed by atoms with Crippen molar-refractivity contribution in [1.29, 1.82) is 0 Å². The zero-order valence-corrected chi connectivity index (χ0v) is 9.35. The molecule has 0 nitrogen and oxygen atoms in total. The van der Waals surface area contributed by atoms with Crippen molar-refractivity contribution in [3.63, 3.8) is 0 Å². The maximum atomic E-state index is 2.36. The average molecular weight is 168 g/mol. The van der Waals surface area contributed by atoms with Crippen molar-refractivity contribution < 1.29 is 0 Å². The molecule has 0 saturated heterocycles. The summed E-state index contributed by atoms with van der Waals surface area (Å²) in [5.74, 6) is 1.61. The van der Waals surface area contributed by atoms with Crippen LogP contribution in [0.1, 0.15) is 53.9 Å². The van der Waals surface area contributed by atoms with Gasteiger partial charge in [-0.05, 0) is 25.2 Å². The molecule has 0 saturated carbocycles. The van der Waals surface area contributed by atoms with E-state index in [9.17, 15) is 0 Å². The highest BCUT2D eigenvalue weighted by molar-refractivity contribution is 5.02. The molecule has 0 bridgehead atoms. The maximum Gasteiger partial charge on any atom is -0.0209 e. The molecule has 0 aromatic carbocycles. The molecule has 0 aliphatic carbocycles. The largest absolute Gasteiger partial charge is 0.0856 e. The first-order valence-electron chi connectivity index (χ1n) is 5.30. The molecule has 0 spiro atoms. The number of rotatable bonds is 5. The highest BCUT2D eigenvalue weighted by Gasteiger charge is 2.11. The summed E-state index contributed by atoms with van der Waals surface area (Å²) in [6, 6.07) is 0. The molecule has 0 heteroatoms. The van der Waals surface area contributed by atoms with E-state index < -0.39 is 0 Å². The molecule has 0 fully saturated rings. The Morgan fingerprint density at radius 1 is 1.25 bits per heavy atom. The molecular formula is C12H24. The van der Waals surface area contributed by atoms with Gasteiger partial charge < -0.3 is 0 Å². The van der Waals surface area contributed by atoms with E-state index in [1.54, 1.807) is 5.57 Å². The molecule has 0 amide bonds. The van der Waals surface area contributed by atoms with Crippen LogP contribution in [0.2, 0.25) is 0 Å². The molecule has 0 N–H and O–H groups in total. The number of hydrogen-bond donors (Lipinski definition) is 0. The summed E-state index contributed by atoms with van der Waals surface area (Å²) < 4.78 is 0. The van der Waals surface area contributed by atoms with Gasteiger partial charge in [-0.2, -0.15) is 0 Å². The van der Waals surface area contributed by atoms with Crippen molar-refractivity contribution in [3.8, 4) is 0 Å². The van der Waals surface area contributed by atoms with Crippen LogP contribution in [0.25, 0.3) is 0 Å². The fourth-order valence-electron chi connectivity index (χ4n) is 1.66. The van der Waals surface area contributed by atoms with Gasteiger partial charge >= 0.3 is 0 Å².